The van der Waals surface area contributed by atoms with Crippen LogP contribution in [0.2, 0.25) is 0 Å². The lowest BCUT2D eigenvalue weighted by atomic mass is 10.2. The number of hydrogen-bond acceptors (Lipinski definition) is 3. The van der Waals surface area contributed by atoms with Crippen molar-refractivity contribution in [1.29, 1.82) is 5.26 Å². The van der Waals surface area contributed by atoms with Gasteiger partial charge >= 0.3 is 0 Å². The molecule has 15 heavy (non-hydrogen) atoms. The van der Waals surface area contributed by atoms with Crippen molar-refractivity contribution in [2.45, 2.75) is 0 Å². The van der Waals surface area contributed by atoms with E-state index in [4.69, 9.17) is 17.5 Å². The highest BCUT2D eigenvalue weighted by Crippen LogP contribution is 2.15. The van der Waals surface area contributed by atoms with Crippen LogP contribution in [0.5, 0.6) is 0 Å². The number of nitrogens with zero attached hydrogens (tertiary/aromatic N) is 2. The second kappa shape index (κ2) is 5.17. The minimum atomic E-state index is 0.301. The predicted molar refractivity (Wildman–Crippen MR) is 65.7 cm³/mol. The van der Waals surface area contributed by atoms with Crippen LogP contribution >= 0.6 is 12.2 Å². The highest BCUT2D eigenvalue weighted by atomic mass is 32.1. The van der Waals surface area contributed by atoms with Crippen LogP contribution in [-0.4, -0.2) is 19.2 Å². The van der Waals surface area contributed by atoms with E-state index in [1.54, 1.807) is 6.19 Å². The normalized spacial score (nSPS) is 8.87. The van der Waals surface area contributed by atoms with E-state index in [0.717, 1.165) is 11.4 Å². The lowest BCUT2D eigenvalue weighted by molar-refractivity contribution is 1.13. The summed E-state index contributed by atoms with van der Waals surface area (Å²) in [5.74, 6) is 0. The van der Waals surface area contributed by atoms with Crippen LogP contribution in [0.3, 0.4) is 0 Å². The zero-order valence-corrected chi connectivity index (χ0v) is 9.43. The summed E-state index contributed by atoms with van der Waals surface area (Å²) in [7, 11) is 3.95. The van der Waals surface area contributed by atoms with Crippen LogP contribution in [0.4, 0.5) is 11.4 Å². The van der Waals surface area contributed by atoms with Gasteiger partial charge in [0.15, 0.2) is 11.3 Å². The molecule has 78 valence electrons. The SMILES string of the molecule is CN(C)c1ccc(NC(=S)NC#N)cc1. The molecule has 4 nitrogen and oxygen atoms in total. The minimum Gasteiger partial charge on any atom is -0.378 e. The van der Waals surface area contributed by atoms with Crippen LogP contribution in [0.1, 0.15) is 0 Å². The Balaban J connectivity index is 2.65. The van der Waals surface area contributed by atoms with Gasteiger partial charge in [0.05, 0.1) is 0 Å². The van der Waals surface area contributed by atoms with Gasteiger partial charge in [0.2, 0.25) is 0 Å². The first-order chi connectivity index (χ1) is 7.13. The fourth-order valence-electron chi connectivity index (χ4n) is 1.06. The molecular weight excluding hydrogens is 208 g/mol. The molecule has 0 unspecified atom stereocenters. The molecule has 0 bridgehead atoms. The Labute approximate surface area is 94.5 Å². The summed E-state index contributed by atoms with van der Waals surface area (Å²) in [4.78, 5) is 2.01. The molecule has 1 aromatic rings. The maximum atomic E-state index is 8.34. The third-order valence-electron chi connectivity index (χ3n) is 1.81. The Kier molecular flexibility index (Phi) is 3.89. The van der Waals surface area contributed by atoms with Crippen LogP contribution < -0.4 is 15.5 Å². The van der Waals surface area contributed by atoms with E-state index in [1.165, 1.54) is 0 Å². The molecule has 1 aromatic carbocycles. The van der Waals surface area contributed by atoms with E-state index >= 15 is 0 Å². The first kappa shape index (κ1) is 11.3. The van der Waals surface area contributed by atoms with Gasteiger partial charge in [0.25, 0.3) is 0 Å². The summed E-state index contributed by atoms with van der Waals surface area (Å²) in [6.45, 7) is 0. The zero-order valence-electron chi connectivity index (χ0n) is 8.61. The van der Waals surface area contributed by atoms with Crippen LogP contribution in [0, 0.1) is 11.5 Å². The first-order valence-electron chi connectivity index (χ1n) is 4.37. The molecule has 1 rings (SSSR count). The molecule has 0 heterocycles. The fraction of sp³-hybridized carbons (Fsp3) is 0.200. The minimum absolute atomic E-state index is 0.301. The summed E-state index contributed by atoms with van der Waals surface area (Å²) < 4.78 is 0. The third-order valence-corrected chi connectivity index (χ3v) is 2.02. The Morgan fingerprint density at radius 1 is 1.33 bits per heavy atom. The summed E-state index contributed by atoms with van der Waals surface area (Å²) in [5, 5.41) is 13.9. The zero-order chi connectivity index (χ0) is 11.3. The maximum Gasteiger partial charge on any atom is 0.184 e. The number of anilines is 2. The standard InChI is InChI=1S/C10H12N4S/c1-14(2)9-5-3-8(4-6-9)13-10(15)12-7-11/h3-6H,1-2H3,(H2,12,13,15). The van der Waals surface area contributed by atoms with Gasteiger partial charge in [0, 0.05) is 25.5 Å². The summed E-state index contributed by atoms with van der Waals surface area (Å²) >= 11 is 4.86. The van der Waals surface area contributed by atoms with E-state index in [9.17, 15) is 0 Å². The van der Waals surface area contributed by atoms with E-state index in [-0.39, 0.29) is 0 Å². The van der Waals surface area contributed by atoms with Gasteiger partial charge in [-0.1, -0.05) is 0 Å². The molecule has 0 saturated carbocycles. The lowest BCUT2D eigenvalue weighted by Gasteiger charge is -2.13. The Hall–Kier alpha value is -1.80. The first-order valence-corrected chi connectivity index (χ1v) is 4.78. The number of nitriles is 1. The molecule has 0 aliphatic carbocycles. The van der Waals surface area contributed by atoms with Crippen molar-refractivity contribution in [2.75, 3.05) is 24.3 Å². The van der Waals surface area contributed by atoms with Crippen LogP contribution in [0.15, 0.2) is 24.3 Å². The van der Waals surface area contributed by atoms with Crippen molar-refractivity contribution in [3.8, 4) is 6.19 Å². The van der Waals surface area contributed by atoms with Gasteiger partial charge in [-0.25, -0.2) is 0 Å². The van der Waals surface area contributed by atoms with Crippen LogP contribution in [0.25, 0.3) is 0 Å². The molecule has 0 fully saturated rings. The summed E-state index contributed by atoms with van der Waals surface area (Å²) in [6, 6.07) is 7.75. The Morgan fingerprint density at radius 2 is 1.93 bits per heavy atom. The number of rotatable bonds is 2. The van der Waals surface area contributed by atoms with Gasteiger partial charge < -0.3 is 10.2 Å². The largest absolute Gasteiger partial charge is 0.378 e. The molecule has 0 atom stereocenters. The number of benzene rings is 1. The molecule has 0 aliphatic heterocycles. The van der Waals surface area contributed by atoms with E-state index in [0.29, 0.717) is 5.11 Å². The van der Waals surface area contributed by atoms with Crippen molar-refractivity contribution >= 4 is 28.7 Å². The second-order valence-electron chi connectivity index (χ2n) is 3.13. The smallest absolute Gasteiger partial charge is 0.184 e. The van der Waals surface area contributed by atoms with Gasteiger partial charge in [-0.2, -0.15) is 5.26 Å². The molecule has 0 spiro atoms. The Morgan fingerprint density at radius 3 is 2.40 bits per heavy atom. The summed E-state index contributed by atoms with van der Waals surface area (Å²) in [6.07, 6.45) is 1.76. The molecule has 0 amide bonds. The van der Waals surface area contributed by atoms with Gasteiger partial charge in [-0.3, -0.25) is 5.32 Å². The molecule has 0 aromatic heterocycles. The monoisotopic (exact) mass is 220 g/mol. The molecule has 0 saturated heterocycles. The molecule has 5 heteroatoms. The fourth-order valence-corrected chi connectivity index (χ4v) is 1.22. The van der Waals surface area contributed by atoms with Gasteiger partial charge in [-0.05, 0) is 36.5 Å². The average Bonchev–Trinajstić information content (AvgIpc) is 2.18. The molecule has 0 radical (unpaired) electrons. The lowest BCUT2D eigenvalue weighted by Crippen LogP contribution is -2.23. The summed E-state index contributed by atoms with van der Waals surface area (Å²) in [5.41, 5.74) is 1.97. The van der Waals surface area contributed by atoms with Gasteiger partial charge in [0.1, 0.15) is 0 Å². The van der Waals surface area contributed by atoms with E-state index < -0.39 is 0 Å². The van der Waals surface area contributed by atoms with E-state index in [2.05, 4.69) is 10.6 Å². The predicted octanol–water partition coefficient (Wildman–Crippen LogP) is 1.52. The topological polar surface area (TPSA) is 51.1 Å². The van der Waals surface area contributed by atoms with Crippen molar-refractivity contribution in [3.63, 3.8) is 0 Å². The third kappa shape index (κ3) is 3.44. The van der Waals surface area contributed by atoms with Crippen molar-refractivity contribution in [3.05, 3.63) is 24.3 Å². The average molecular weight is 220 g/mol. The molecule has 2 N–H and O–H groups in total. The van der Waals surface area contributed by atoms with Crippen LogP contribution in [-0.2, 0) is 0 Å². The highest BCUT2D eigenvalue weighted by Gasteiger charge is 1.97. The number of hydrogen-bond donors (Lipinski definition) is 2. The van der Waals surface area contributed by atoms with Gasteiger partial charge in [-0.15, -0.1) is 0 Å². The quantitative estimate of drug-likeness (QED) is 0.449. The molecular formula is C10H12N4S. The second-order valence-corrected chi connectivity index (χ2v) is 3.54. The molecule has 0 aliphatic rings. The maximum absolute atomic E-state index is 8.34. The van der Waals surface area contributed by atoms with Crippen molar-refractivity contribution in [1.82, 2.24) is 5.32 Å². The van der Waals surface area contributed by atoms with Crippen molar-refractivity contribution < 1.29 is 0 Å². The number of nitrogens with one attached hydrogen (secondary N) is 2. The number of thiocarbonyl (C=S) groups is 1. The highest BCUT2D eigenvalue weighted by molar-refractivity contribution is 7.80. The Bertz CT molecular complexity index is 377. The van der Waals surface area contributed by atoms with E-state index in [1.807, 2.05) is 43.3 Å². The van der Waals surface area contributed by atoms with Crippen molar-refractivity contribution in [2.24, 2.45) is 0 Å².